The molecule has 0 aromatic heterocycles. The van der Waals surface area contributed by atoms with Gasteiger partial charge in [-0.05, 0) is 14.1 Å². The normalized spacial score (nSPS) is 17.8. The van der Waals surface area contributed by atoms with Crippen LogP contribution in [0, 0.1) is 0 Å². The molecule has 1 N–H and O–H groups in total. The van der Waals surface area contributed by atoms with Crippen LogP contribution < -0.4 is 0 Å². The van der Waals surface area contributed by atoms with Gasteiger partial charge in [-0.25, -0.2) is 0 Å². The van der Waals surface area contributed by atoms with Crippen molar-refractivity contribution in [1.82, 2.24) is 14.7 Å². The molecule has 6 heteroatoms. The molecular formula is C10H19N3O3. The number of amides is 1. The van der Waals surface area contributed by atoms with Crippen LogP contribution in [0.4, 0.5) is 0 Å². The number of piperazine rings is 1. The topological polar surface area (TPSA) is 64.1 Å². The number of aliphatic carboxylic acids is 1. The van der Waals surface area contributed by atoms with Crippen molar-refractivity contribution in [3.05, 3.63) is 0 Å². The van der Waals surface area contributed by atoms with E-state index in [9.17, 15) is 9.59 Å². The van der Waals surface area contributed by atoms with Crippen molar-refractivity contribution in [2.45, 2.75) is 0 Å². The maximum atomic E-state index is 11.8. The van der Waals surface area contributed by atoms with E-state index < -0.39 is 5.97 Å². The average Bonchev–Trinajstić information content (AvgIpc) is 2.16. The van der Waals surface area contributed by atoms with Crippen LogP contribution in [0.15, 0.2) is 0 Å². The van der Waals surface area contributed by atoms with Crippen LogP contribution in [0.5, 0.6) is 0 Å². The van der Waals surface area contributed by atoms with E-state index in [2.05, 4.69) is 4.90 Å². The van der Waals surface area contributed by atoms with Gasteiger partial charge in [0.15, 0.2) is 0 Å². The van der Waals surface area contributed by atoms with Crippen LogP contribution in [0.25, 0.3) is 0 Å². The molecule has 0 bridgehead atoms. The Balaban J connectivity index is 2.32. The lowest BCUT2D eigenvalue weighted by Crippen LogP contribution is -2.50. The first kappa shape index (κ1) is 12.9. The number of carbonyl (C=O) groups excluding carboxylic acids is 1. The van der Waals surface area contributed by atoms with E-state index in [4.69, 9.17) is 5.11 Å². The summed E-state index contributed by atoms with van der Waals surface area (Å²) < 4.78 is 0. The zero-order chi connectivity index (χ0) is 12.1. The van der Waals surface area contributed by atoms with E-state index in [1.54, 1.807) is 11.9 Å². The molecule has 0 aromatic carbocycles. The fourth-order valence-corrected chi connectivity index (χ4v) is 1.67. The lowest BCUT2D eigenvalue weighted by atomic mass is 10.3. The molecule has 1 aliphatic rings. The first-order chi connectivity index (χ1) is 7.49. The highest BCUT2D eigenvalue weighted by molar-refractivity contribution is 5.79. The minimum atomic E-state index is -0.909. The first-order valence-corrected chi connectivity index (χ1v) is 5.35. The molecule has 92 valence electrons. The quantitative estimate of drug-likeness (QED) is 0.654. The molecule has 0 atom stereocenters. The Bertz CT molecular complexity index is 262. The maximum absolute atomic E-state index is 11.8. The van der Waals surface area contributed by atoms with Crippen molar-refractivity contribution in [2.24, 2.45) is 0 Å². The third kappa shape index (κ3) is 4.16. The summed E-state index contributed by atoms with van der Waals surface area (Å²) in [5.74, 6) is -0.898. The van der Waals surface area contributed by atoms with Gasteiger partial charge in [0.1, 0.15) is 0 Å². The Hall–Kier alpha value is -1.14. The van der Waals surface area contributed by atoms with Crippen molar-refractivity contribution in [3.8, 4) is 0 Å². The van der Waals surface area contributed by atoms with E-state index in [1.165, 1.54) is 4.90 Å². The van der Waals surface area contributed by atoms with Crippen LogP contribution in [0.3, 0.4) is 0 Å². The Morgan fingerprint density at radius 2 is 1.75 bits per heavy atom. The molecular weight excluding hydrogens is 210 g/mol. The molecule has 0 radical (unpaired) electrons. The predicted molar refractivity (Wildman–Crippen MR) is 59.2 cm³/mol. The molecule has 1 rings (SSSR count). The largest absolute Gasteiger partial charge is 0.480 e. The van der Waals surface area contributed by atoms with Gasteiger partial charge >= 0.3 is 5.97 Å². The number of hydrogen-bond acceptors (Lipinski definition) is 4. The summed E-state index contributed by atoms with van der Waals surface area (Å²) in [6.07, 6.45) is 0. The van der Waals surface area contributed by atoms with Gasteiger partial charge < -0.3 is 14.9 Å². The third-order valence-electron chi connectivity index (χ3n) is 2.67. The highest BCUT2D eigenvalue weighted by Crippen LogP contribution is 2.00. The fraction of sp³-hybridized carbons (Fsp3) is 0.800. The smallest absolute Gasteiger partial charge is 0.317 e. The molecule has 1 fully saturated rings. The van der Waals surface area contributed by atoms with Gasteiger partial charge in [0, 0.05) is 26.2 Å². The van der Waals surface area contributed by atoms with Crippen molar-refractivity contribution < 1.29 is 14.7 Å². The molecule has 16 heavy (non-hydrogen) atoms. The number of nitrogens with zero attached hydrogens (tertiary/aromatic N) is 3. The summed E-state index contributed by atoms with van der Waals surface area (Å²) in [4.78, 5) is 27.7. The van der Waals surface area contributed by atoms with E-state index in [0.29, 0.717) is 0 Å². The van der Waals surface area contributed by atoms with Gasteiger partial charge in [0.2, 0.25) is 5.91 Å². The van der Waals surface area contributed by atoms with Crippen molar-refractivity contribution in [1.29, 1.82) is 0 Å². The molecule has 1 saturated heterocycles. The van der Waals surface area contributed by atoms with E-state index in [0.717, 1.165) is 26.2 Å². The highest BCUT2D eigenvalue weighted by Gasteiger charge is 2.20. The van der Waals surface area contributed by atoms with Crippen molar-refractivity contribution in [2.75, 3.05) is 53.4 Å². The van der Waals surface area contributed by atoms with E-state index in [1.807, 2.05) is 7.05 Å². The zero-order valence-corrected chi connectivity index (χ0v) is 9.85. The molecule has 0 aromatic rings. The summed E-state index contributed by atoms with van der Waals surface area (Å²) in [5.41, 5.74) is 0. The Morgan fingerprint density at radius 1 is 1.19 bits per heavy atom. The first-order valence-electron chi connectivity index (χ1n) is 5.35. The third-order valence-corrected chi connectivity index (χ3v) is 2.67. The van der Waals surface area contributed by atoms with Crippen LogP contribution in [-0.2, 0) is 9.59 Å². The van der Waals surface area contributed by atoms with Gasteiger partial charge in [0.25, 0.3) is 0 Å². The molecule has 0 unspecified atom stereocenters. The second-order valence-corrected chi connectivity index (χ2v) is 4.25. The Labute approximate surface area is 95.4 Å². The molecule has 6 nitrogen and oxygen atoms in total. The number of carbonyl (C=O) groups is 2. The zero-order valence-electron chi connectivity index (χ0n) is 9.85. The van der Waals surface area contributed by atoms with Gasteiger partial charge in [-0.2, -0.15) is 0 Å². The van der Waals surface area contributed by atoms with Crippen LogP contribution in [0.2, 0.25) is 0 Å². The number of carboxylic acid groups (broad SMARTS) is 1. The predicted octanol–water partition coefficient (Wildman–Crippen LogP) is -1.22. The van der Waals surface area contributed by atoms with Crippen molar-refractivity contribution >= 4 is 11.9 Å². The minimum absolute atomic E-state index is 0.0110. The maximum Gasteiger partial charge on any atom is 0.317 e. The Morgan fingerprint density at radius 3 is 2.25 bits per heavy atom. The SMILES string of the molecule is CN1CCN(C(=O)CN(C)CC(=O)O)CC1. The number of rotatable bonds is 4. The molecule has 1 aliphatic heterocycles. The lowest BCUT2D eigenvalue weighted by Gasteiger charge is -2.33. The minimum Gasteiger partial charge on any atom is -0.480 e. The summed E-state index contributed by atoms with van der Waals surface area (Å²) in [6, 6.07) is 0. The molecule has 1 amide bonds. The summed E-state index contributed by atoms with van der Waals surface area (Å²) >= 11 is 0. The van der Waals surface area contributed by atoms with Crippen LogP contribution >= 0.6 is 0 Å². The Kier molecular flexibility index (Phi) is 4.70. The molecule has 0 aliphatic carbocycles. The summed E-state index contributed by atoms with van der Waals surface area (Å²) in [7, 11) is 3.67. The average molecular weight is 229 g/mol. The number of hydrogen-bond donors (Lipinski definition) is 1. The lowest BCUT2D eigenvalue weighted by molar-refractivity contribution is -0.139. The fourth-order valence-electron chi connectivity index (χ4n) is 1.67. The molecule has 1 heterocycles. The summed E-state index contributed by atoms with van der Waals surface area (Å²) in [5, 5.41) is 8.57. The second kappa shape index (κ2) is 5.81. The summed E-state index contributed by atoms with van der Waals surface area (Å²) in [6.45, 7) is 3.31. The highest BCUT2D eigenvalue weighted by atomic mass is 16.4. The number of carboxylic acids is 1. The second-order valence-electron chi connectivity index (χ2n) is 4.25. The molecule has 0 spiro atoms. The van der Waals surface area contributed by atoms with Crippen LogP contribution in [0.1, 0.15) is 0 Å². The number of likely N-dealkylation sites (N-methyl/N-ethyl adjacent to an activating group) is 2. The van der Waals surface area contributed by atoms with Gasteiger partial charge in [-0.15, -0.1) is 0 Å². The van der Waals surface area contributed by atoms with Gasteiger partial charge in [-0.3, -0.25) is 14.5 Å². The van der Waals surface area contributed by atoms with Crippen LogP contribution in [-0.4, -0.2) is 85.0 Å². The van der Waals surface area contributed by atoms with Crippen molar-refractivity contribution in [3.63, 3.8) is 0 Å². The van der Waals surface area contributed by atoms with Gasteiger partial charge in [-0.1, -0.05) is 0 Å². The van der Waals surface area contributed by atoms with Gasteiger partial charge in [0.05, 0.1) is 13.1 Å². The molecule has 0 saturated carbocycles. The standard InChI is InChI=1S/C10H19N3O3/c1-11-3-5-13(6-4-11)9(14)7-12(2)8-10(15)16/h3-8H2,1-2H3,(H,15,16). The van der Waals surface area contributed by atoms with E-state index in [-0.39, 0.29) is 19.0 Å². The monoisotopic (exact) mass is 229 g/mol. The van der Waals surface area contributed by atoms with E-state index >= 15 is 0 Å².